The highest BCUT2D eigenvalue weighted by atomic mass is 79.9. The second-order valence-corrected chi connectivity index (χ2v) is 7.78. The van der Waals surface area contributed by atoms with Gasteiger partial charge < -0.3 is 0 Å². The van der Waals surface area contributed by atoms with E-state index in [9.17, 15) is 0 Å². The highest BCUT2D eigenvalue weighted by Gasteiger charge is 2.34. The molecule has 2 aliphatic rings. The van der Waals surface area contributed by atoms with Gasteiger partial charge in [0.2, 0.25) is 0 Å². The Bertz CT molecular complexity index is 420. The monoisotopic (exact) mass is 342 g/mol. The third-order valence-corrected chi connectivity index (χ3v) is 6.29. The van der Waals surface area contributed by atoms with Gasteiger partial charge in [-0.3, -0.25) is 9.80 Å². The maximum atomic E-state index is 3.57. The molecule has 0 N–H and O–H groups in total. The summed E-state index contributed by atoms with van der Waals surface area (Å²) >= 11 is 5.45. The summed E-state index contributed by atoms with van der Waals surface area (Å²) < 4.78 is 1.23. The number of fused-ring (bicyclic) bond motifs is 1. The highest BCUT2D eigenvalue weighted by Crippen LogP contribution is 2.28. The molecular weight excluding hydrogens is 320 g/mol. The average Bonchev–Trinajstić information content (AvgIpc) is 2.83. The third-order valence-electron chi connectivity index (χ3n) is 4.61. The van der Waals surface area contributed by atoms with Crippen molar-refractivity contribution in [3.8, 4) is 0 Å². The lowest BCUT2D eigenvalue weighted by atomic mass is 9.96. The molecule has 1 aromatic heterocycles. The van der Waals surface area contributed by atoms with Crippen molar-refractivity contribution in [2.24, 2.45) is 0 Å². The van der Waals surface area contributed by atoms with Gasteiger partial charge in [-0.15, -0.1) is 11.3 Å². The van der Waals surface area contributed by atoms with E-state index in [1.165, 1.54) is 54.7 Å². The van der Waals surface area contributed by atoms with Crippen LogP contribution in [-0.4, -0.2) is 41.5 Å². The number of thiophene rings is 1. The molecule has 2 saturated heterocycles. The minimum absolute atomic E-state index is 0.746. The molecule has 3 rings (SSSR count). The molecule has 0 bridgehead atoms. The Hall–Kier alpha value is 0.1000. The van der Waals surface area contributed by atoms with Gasteiger partial charge >= 0.3 is 0 Å². The minimum Gasteiger partial charge on any atom is -0.298 e. The first-order chi connectivity index (χ1) is 9.26. The predicted molar refractivity (Wildman–Crippen MR) is 85.7 cm³/mol. The van der Waals surface area contributed by atoms with E-state index in [1.807, 2.05) is 11.3 Å². The van der Waals surface area contributed by atoms with E-state index in [4.69, 9.17) is 0 Å². The summed E-state index contributed by atoms with van der Waals surface area (Å²) in [5.74, 6) is 0. The van der Waals surface area contributed by atoms with Crippen LogP contribution in [0.1, 0.15) is 37.5 Å². The molecule has 4 heteroatoms. The summed E-state index contributed by atoms with van der Waals surface area (Å²) in [6, 6.07) is 3.85. The van der Waals surface area contributed by atoms with Crippen molar-refractivity contribution in [3.63, 3.8) is 0 Å². The van der Waals surface area contributed by atoms with Crippen LogP contribution in [0.15, 0.2) is 15.9 Å². The average molecular weight is 343 g/mol. The Balaban J connectivity index is 1.68. The van der Waals surface area contributed by atoms with E-state index in [0.29, 0.717) is 0 Å². The zero-order chi connectivity index (χ0) is 13.2. The molecule has 19 heavy (non-hydrogen) atoms. The van der Waals surface area contributed by atoms with Gasteiger partial charge in [-0.1, -0.05) is 13.3 Å². The van der Waals surface area contributed by atoms with Gasteiger partial charge in [-0.05, 0) is 47.8 Å². The van der Waals surface area contributed by atoms with Crippen LogP contribution in [0.25, 0.3) is 0 Å². The fraction of sp³-hybridized carbons (Fsp3) is 0.733. The van der Waals surface area contributed by atoms with Gasteiger partial charge in [0.25, 0.3) is 0 Å². The highest BCUT2D eigenvalue weighted by molar-refractivity contribution is 9.10. The fourth-order valence-electron chi connectivity index (χ4n) is 3.53. The molecule has 0 radical (unpaired) electrons. The molecule has 3 heterocycles. The maximum Gasteiger partial charge on any atom is 0.0332 e. The van der Waals surface area contributed by atoms with Crippen molar-refractivity contribution in [2.45, 2.75) is 51.2 Å². The summed E-state index contributed by atoms with van der Waals surface area (Å²) in [5.41, 5.74) is 0. The lowest BCUT2D eigenvalue weighted by Gasteiger charge is -2.48. The number of nitrogens with zero attached hydrogens (tertiary/aromatic N) is 2. The first kappa shape index (κ1) is 14.1. The number of piperidine rings is 1. The first-order valence-corrected chi connectivity index (χ1v) is 9.14. The Morgan fingerprint density at radius 1 is 1.37 bits per heavy atom. The molecule has 2 unspecified atom stereocenters. The molecule has 0 spiro atoms. The first-order valence-electron chi connectivity index (χ1n) is 7.47. The van der Waals surface area contributed by atoms with Crippen LogP contribution in [0.5, 0.6) is 0 Å². The SMILES string of the molecule is CCC1CN2CCCCC2CN1Cc1cc(Br)cs1. The third kappa shape index (κ3) is 3.23. The number of piperazine rings is 1. The van der Waals surface area contributed by atoms with Crippen LogP contribution in [0, 0.1) is 0 Å². The zero-order valence-electron chi connectivity index (χ0n) is 11.6. The normalized spacial score (nSPS) is 29.4. The standard InChI is InChI=1S/C15H23BrN2S/c1-2-13-8-17-6-4-3-5-14(17)9-18(13)10-15-7-12(16)11-19-15/h7,11,13-14H,2-6,8-10H2,1H3. The molecule has 0 saturated carbocycles. The van der Waals surface area contributed by atoms with E-state index in [0.717, 1.165) is 18.6 Å². The van der Waals surface area contributed by atoms with E-state index in [2.05, 4.69) is 44.1 Å². The maximum absolute atomic E-state index is 3.57. The van der Waals surface area contributed by atoms with E-state index >= 15 is 0 Å². The summed E-state index contributed by atoms with van der Waals surface area (Å²) in [7, 11) is 0. The van der Waals surface area contributed by atoms with Crippen LogP contribution in [0.2, 0.25) is 0 Å². The largest absolute Gasteiger partial charge is 0.298 e. The molecule has 2 aliphatic heterocycles. The lowest BCUT2D eigenvalue weighted by Crippen LogP contribution is -2.58. The second kappa shape index (κ2) is 6.25. The topological polar surface area (TPSA) is 6.48 Å². The van der Waals surface area contributed by atoms with Gasteiger partial charge in [0.05, 0.1) is 0 Å². The Morgan fingerprint density at radius 2 is 2.26 bits per heavy atom. The molecule has 0 amide bonds. The van der Waals surface area contributed by atoms with Crippen molar-refractivity contribution in [1.82, 2.24) is 9.80 Å². The predicted octanol–water partition coefficient (Wildman–Crippen LogP) is 3.96. The minimum atomic E-state index is 0.746. The lowest BCUT2D eigenvalue weighted by molar-refractivity contribution is 0.00376. The summed E-state index contributed by atoms with van der Waals surface area (Å²) in [4.78, 5) is 6.97. The van der Waals surface area contributed by atoms with Crippen LogP contribution in [-0.2, 0) is 6.54 Å². The van der Waals surface area contributed by atoms with Crippen LogP contribution in [0.4, 0.5) is 0 Å². The summed E-state index contributed by atoms with van der Waals surface area (Å²) in [5, 5.41) is 2.20. The molecule has 0 aromatic carbocycles. The molecule has 0 aliphatic carbocycles. The van der Waals surface area contributed by atoms with Gasteiger partial charge in [-0.2, -0.15) is 0 Å². The summed E-state index contributed by atoms with van der Waals surface area (Å²) in [6.07, 6.45) is 5.51. The number of halogens is 1. The van der Waals surface area contributed by atoms with Crippen molar-refractivity contribution >= 4 is 27.3 Å². The van der Waals surface area contributed by atoms with Gasteiger partial charge in [0, 0.05) is 46.4 Å². The van der Waals surface area contributed by atoms with Gasteiger partial charge in [0.1, 0.15) is 0 Å². The Labute approximate surface area is 128 Å². The van der Waals surface area contributed by atoms with Crippen molar-refractivity contribution in [2.75, 3.05) is 19.6 Å². The number of hydrogen-bond acceptors (Lipinski definition) is 3. The molecule has 2 fully saturated rings. The summed E-state index contributed by atoms with van der Waals surface area (Å²) in [6.45, 7) is 7.37. The molecule has 1 aromatic rings. The number of rotatable bonds is 3. The van der Waals surface area contributed by atoms with E-state index < -0.39 is 0 Å². The van der Waals surface area contributed by atoms with E-state index in [-0.39, 0.29) is 0 Å². The molecular formula is C15H23BrN2S. The Morgan fingerprint density at radius 3 is 3.00 bits per heavy atom. The smallest absolute Gasteiger partial charge is 0.0332 e. The van der Waals surface area contributed by atoms with Crippen LogP contribution >= 0.6 is 27.3 Å². The number of hydrogen-bond donors (Lipinski definition) is 0. The zero-order valence-corrected chi connectivity index (χ0v) is 14.0. The van der Waals surface area contributed by atoms with Crippen LogP contribution in [0.3, 0.4) is 0 Å². The molecule has 106 valence electrons. The fourth-order valence-corrected chi connectivity index (χ4v) is 5.01. The molecule has 2 atom stereocenters. The van der Waals surface area contributed by atoms with E-state index in [1.54, 1.807) is 0 Å². The van der Waals surface area contributed by atoms with Crippen molar-refractivity contribution < 1.29 is 0 Å². The second-order valence-electron chi connectivity index (χ2n) is 5.87. The van der Waals surface area contributed by atoms with Gasteiger partial charge in [0.15, 0.2) is 0 Å². The quantitative estimate of drug-likeness (QED) is 0.820. The van der Waals surface area contributed by atoms with Crippen molar-refractivity contribution in [3.05, 3.63) is 20.8 Å². The molecule has 2 nitrogen and oxygen atoms in total. The van der Waals surface area contributed by atoms with Gasteiger partial charge in [-0.25, -0.2) is 0 Å². The Kier molecular flexibility index (Phi) is 4.62. The van der Waals surface area contributed by atoms with Crippen LogP contribution < -0.4 is 0 Å². The van der Waals surface area contributed by atoms with Crippen molar-refractivity contribution in [1.29, 1.82) is 0 Å².